The highest BCUT2D eigenvalue weighted by atomic mass is 19.1. The molecule has 1 N–H and O–H groups in total. The summed E-state index contributed by atoms with van der Waals surface area (Å²) >= 11 is 0. The highest BCUT2D eigenvalue weighted by molar-refractivity contribution is 5.94. The molecule has 0 atom stereocenters. The average Bonchev–Trinajstić information content (AvgIpc) is 2.67. The number of rotatable bonds is 9. The van der Waals surface area contributed by atoms with Crippen LogP contribution in [-0.4, -0.2) is 50.1 Å². The van der Waals surface area contributed by atoms with Gasteiger partial charge in [0.1, 0.15) is 23.9 Å². The van der Waals surface area contributed by atoms with Gasteiger partial charge in [0.15, 0.2) is 0 Å². The Morgan fingerprint density at radius 1 is 1.07 bits per heavy atom. The lowest BCUT2D eigenvalue weighted by Gasteiger charge is -2.21. The first-order valence-electron chi connectivity index (χ1n) is 8.55. The number of nitrogens with zero attached hydrogens (tertiary/aromatic N) is 1. The standard InChI is InChI=1S/C20H23FN2O4/c1-15(24)23(12-13-27-19-8-6-18(26-2)7-9-19)11-10-22-20(25)16-4-3-5-17(21)14-16/h3-9,14H,10-13H2,1-2H3,(H,22,25). The topological polar surface area (TPSA) is 67.9 Å². The Bertz CT molecular complexity index is 765. The second kappa shape index (κ2) is 10.2. The lowest BCUT2D eigenvalue weighted by molar-refractivity contribution is -0.129. The van der Waals surface area contributed by atoms with Crippen LogP contribution in [0.2, 0.25) is 0 Å². The molecule has 2 rings (SSSR count). The molecule has 27 heavy (non-hydrogen) atoms. The van der Waals surface area contributed by atoms with Crippen LogP contribution in [0.4, 0.5) is 4.39 Å². The molecule has 2 aromatic carbocycles. The van der Waals surface area contributed by atoms with Crippen LogP contribution in [-0.2, 0) is 4.79 Å². The highest BCUT2D eigenvalue weighted by Gasteiger charge is 2.11. The number of ether oxygens (including phenoxy) is 2. The SMILES string of the molecule is COc1ccc(OCCN(CCNC(=O)c2cccc(F)c2)C(C)=O)cc1. The predicted molar refractivity (Wildman–Crippen MR) is 99.5 cm³/mol. The molecule has 0 aliphatic carbocycles. The van der Waals surface area contributed by atoms with Gasteiger partial charge in [-0.25, -0.2) is 4.39 Å². The zero-order chi connectivity index (χ0) is 19.6. The fourth-order valence-electron chi connectivity index (χ4n) is 2.41. The average molecular weight is 374 g/mol. The van der Waals surface area contributed by atoms with Crippen molar-refractivity contribution in [3.63, 3.8) is 0 Å². The summed E-state index contributed by atoms with van der Waals surface area (Å²) in [4.78, 5) is 25.3. The minimum Gasteiger partial charge on any atom is -0.497 e. The number of carbonyl (C=O) groups is 2. The number of methoxy groups -OCH3 is 1. The Labute approximate surface area is 157 Å². The molecule has 0 saturated carbocycles. The van der Waals surface area contributed by atoms with Gasteiger partial charge in [-0.15, -0.1) is 0 Å². The summed E-state index contributed by atoms with van der Waals surface area (Å²) in [6.45, 7) is 2.77. The number of carbonyl (C=O) groups excluding carboxylic acids is 2. The number of hydrogen-bond donors (Lipinski definition) is 1. The van der Waals surface area contributed by atoms with E-state index in [1.807, 2.05) is 0 Å². The molecule has 0 bridgehead atoms. The number of nitrogens with one attached hydrogen (secondary N) is 1. The Balaban J connectivity index is 1.76. The molecule has 0 saturated heterocycles. The van der Waals surface area contributed by atoms with E-state index >= 15 is 0 Å². The maximum Gasteiger partial charge on any atom is 0.251 e. The van der Waals surface area contributed by atoms with Crippen LogP contribution in [0.1, 0.15) is 17.3 Å². The van der Waals surface area contributed by atoms with Gasteiger partial charge in [0, 0.05) is 25.6 Å². The molecule has 2 amide bonds. The van der Waals surface area contributed by atoms with Gasteiger partial charge in [-0.1, -0.05) is 6.07 Å². The van der Waals surface area contributed by atoms with Gasteiger partial charge < -0.3 is 19.7 Å². The molecular formula is C20H23FN2O4. The minimum absolute atomic E-state index is 0.117. The van der Waals surface area contributed by atoms with Gasteiger partial charge in [-0.3, -0.25) is 9.59 Å². The summed E-state index contributed by atoms with van der Waals surface area (Å²) in [5.41, 5.74) is 0.243. The van der Waals surface area contributed by atoms with E-state index in [0.29, 0.717) is 25.4 Å². The zero-order valence-corrected chi connectivity index (χ0v) is 15.4. The summed E-state index contributed by atoms with van der Waals surface area (Å²) in [6, 6.07) is 12.6. The van der Waals surface area contributed by atoms with Crippen molar-refractivity contribution < 1.29 is 23.5 Å². The third-order valence-corrected chi connectivity index (χ3v) is 3.89. The van der Waals surface area contributed by atoms with Gasteiger partial charge in [-0.2, -0.15) is 0 Å². The Morgan fingerprint density at radius 3 is 2.41 bits per heavy atom. The van der Waals surface area contributed by atoms with Crippen LogP contribution < -0.4 is 14.8 Å². The molecule has 0 heterocycles. The van der Waals surface area contributed by atoms with Gasteiger partial charge in [-0.05, 0) is 42.5 Å². The van der Waals surface area contributed by atoms with Crippen LogP contribution in [0.25, 0.3) is 0 Å². The third kappa shape index (κ3) is 6.62. The normalized spacial score (nSPS) is 10.2. The van der Waals surface area contributed by atoms with E-state index in [0.717, 1.165) is 5.75 Å². The van der Waals surface area contributed by atoms with E-state index in [2.05, 4.69) is 5.32 Å². The second-order valence-electron chi connectivity index (χ2n) is 5.80. The molecule has 0 fully saturated rings. The fourth-order valence-corrected chi connectivity index (χ4v) is 2.41. The molecular weight excluding hydrogens is 351 g/mol. The van der Waals surface area contributed by atoms with E-state index in [-0.39, 0.29) is 23.9 Å². The smallest absolute Gasteiger partial charge is 0.251 e. The maximum absolute atomic E-state index is 13.2. The largest absolute Gasteiger partial charge is 0.497 e. The van der Waals surface area contributed by atoms with Gasteiger partial charge in [0.05, 0.1) is 13.7 Å². The molecule has 7 heteroatoms. The van der Waals surface area contributed by atoms with Gasteiger partial charge in [0.25, 0.3) is 5.91 Å². The highest BCUT2D eigenvalue weighted by Crippen LogP contribution is 2.16. The first-order valence-corrected chi connectivity index (χ1v) is 8.55. The predicted octanol–water partition coefficient (Wildman–Crippen LogP) is 2.49. The van der Waals surface area contributed by atoms with Crippen molar-refractivity contribution in [2.24, 2.45) is 0 Å². The van der Waals surface area contributed by atoms with Gasteiger partial charge in [0.2, 0.25) is 5.91 Å². The number of hydrogen-bond acceptors (Lipinski definition) is 4. The lowest BCUT2D eigenvalue weighted by Crippen LogP contribution is -2.39. The Morgan fingerprint density at radius 2 is 1.78 bits per heavy atom. The molecule has 6 nitrogen and oxygen atoms in total. The molecule has 0 aliphatic heterocycles. The number of halogens is 1. The molecule has 2 aromatic rings. The van der Waals surface area contributed by atoms with Crippen LogP contribution in [0.3, 0.4) is 0 Å². The van der Waals surface area contributed by atoms with E-state index in [4.69, 9.17) is 9.47 Å². The molecule has 0 spiro atoms. The van der Waals surface area contributed by atoms with Crippen LogP contribution in [0.15, 0.2) is 48.5 Å². The molecule has 0 aromatic heterocycles. The first kappa shape index (κ1) is 20.2. The first-order chi connectivity index (χ1) is 13.0. The Kier molecular flexibility index (Phi) is 7.61. The van der Waals surface area contributed by atoms with Crippen molar-refractivity contribution >= 4 is 11.8 Å². The van der Waals surface area contributed by atoms with Crippen molar-refractivity contribution in [1.82, 2.24) is 10.2 Å². The summed E-state index contributed by atoms with van der Waals surface area (Å²) < 4.78 is 23.9. The lowest BCUT2D eigenvalue weighted by atomic mass is 10.2. The van der Waals surface area contributed by atoms with E-state index < -0.39 is 5.82 Å². The van der Waals surface area contributed by atoms with E-state index in [1.54, 1.807) is 36.3 Å². The van der Waals surface area contributed by atoms with E-state index in [9.17, 15) is 14.0 Å². The van der Waals surface area contributed by atoms with Crippen LogP contribution in [0.5, 0.6) is 11.5 Å². The Hall–Kier alpha value is -3.09. The van der Waals surface area contributed by atoms with Crippen molar-refractivity contribution in [3.8, 4) is 11.5 Å². The fraction of sp³-hybridized carbons (Fsp3) is 0.300. The van der Waals surface area contributed by atoms with E-state index in [1.165, 1.54) is 31.2 Å². The number of benzene rings is 2. The minimum atomic E-state index is -0.469. The molecule has 0 unspecified atom stereocenters. The maximum atomic E-state index is 13.2. The van der Waals surface area contributed by atoms with Crippen LogP contribution in [0, 0.1) is 5.82 Å². The van der Waals surface area contributed by atoms with Crippen molar-refractivity contribution in [2.45, 2.75) is 6.92 Å². The van der Waals surface area contributed by atoms with Crippen molar-refractivity contribution in [2.75, 3.05) is 33.4 Å². The van der Waals surface area contributed by atoms with Crippen LogP contribution >= 0.6 is 0 Å². The molecule has 144 valence electrons. The summed E-state index contributed by atoms with van der Waals surface area (Å²) in [7, 11) is 1.59. The van der Waals surface area contributed by atoms with Crippen molar-refractivity contribution in [3.05, 3.63) is 59.9 Å². The monoisotopic (exact) mass is 374 g/mol. The molecule has 0 aliphatic rings. The number of amides is 2. The third-order valence-electron chi connectivity index (χ3n) is 3.89. The van der Waals surface area contributed by atoms with Crippen molar-refractivity contribution in [1.29, 1.82) is 0 Å². The zero-order valence-electron chi connectivity index (χ0n) is 15.4. The molecule has 0 radical (unpaired) electrons. The van der Waals surface area contributed by atoms with Gasteiger partial charge >= 0.3 is 0 Å². The summed E-state index contributed by atoms with van der Waals surface area (Å²) in [5, 5.41) is 2.68. The second-order valence-corrected chi connectivity index (χ2v) is 5.80. The summed E-state index contributed by atoms with van der Waals surface area (Å²) in [5.74, 6) is 0.449. The quantitative estimate of drug-likeness (QED) is 0.732. The summed E-state index contributed by atoms with van der Waals surface area (Å²) in [6.07, 6.45) is 0.